The third-order valence-corrected chi connectivity index (χ3v) is 3.08. The Morgan fingerprint density at radius 2 is 1.65 bits per heavy atom. The van der Waals surface area contributed by atoms with Crippen molar-refractivity contribution in [2.24, 2.45) is 0 Å². The van der Waals surface area contributed by atoms with E-state index in [-0.39, 0.29) is 0 Å². The highest BCUT2D eigenvalue weighted by Crippen LogP contribution is 2.20. The van der Waals surface area contributed by atoms with Crippen LogP contribution in [0.4, 0.5) is 5.69 Å². The number of hydrogen-bond acceptors (Lipinski definition) is 2. The molecule has 2 heteroatoms. The van der Waals surface area contributed by atoms with Crippen molar-refractivity contribution in [2.45, 2.75) is 24.3 Å². The van der Waals surface area contributed by atoms with E-state index in [0.29, 0.717) is 6.04 Å². The molecule has 0 radical (unpaired) electrons. The van der Waals surface area contributed by atoms with Gasteiger partial charge in [-0.15, -0.1) is 12.6 Å². The Labute approximate surface area is 108 Å². The molecule has 0 bridgehead atoms. The molecule has 0 amide bonds. The Balaban J connectivity index is 1.98. The molecule has 1 unspecified atom stereocenters. The number of hydrogen-bond donors (Lipinski definition) is 2. The number of benzene rings is 2. The maximum absolute atomic E-state index is 4.44. The summed E-state index contributed by atoms with van der Waals surface area (Å²) in [6, 6.07) is 19.0. The molecule has 1 atom stereocenters. The summed E-state index contributed by atoms with van der Waals surface area (Å²) < 4.78 is 0. The van der Waals surface area contributed by atoms with Crippen LogP contribution in [0.15, 0.2) is 59.5 Å². The molecule has 17 heavy (non-hydrogen) atoms. The summed E-state index contributed by atoms with van der Waals surface area (Å²) in [6.07, 6.45) is 1.02. The minimum Gasteiger partial charge on any atom is -0.381 e. The van der Waals surface area contributed by atoms with Crippen LogP contribution in [-0.2, 0) is 6.42 Å². The Kier molecular flexibility index (Phi) is 4.10. The van der Waals surface area contributed by atoms with Crippen LogP contribution in [0.5, 0.6) is 0 Å². The minimum atomic E-state index is 0.394. The average molecular weight is 243 g/mol. The maximum Gasteiger partial charge on any atom is 0.0477 e. The molecule has 0 heterocycles. The lowest BCUT2D eigenvalue weighted by Gasteiger charge is -2.16. The van der Waals surface area contributed by atoms with Gasteiger partial charge in [0.15, 0.2) is 0 Å². The van der Waals surface area contributed by atoms with Gasteiger partial charge in [-0.2, -0.15) is 0 Å². The van der Waals surface area contributed by atoms with Crippen molar-refractivity contribution in [3.05, 3.63) is 60.2 Å². The van der Waals surface area contributed by atoms with Gasteiger partial charge in [-0.1, -0.05) is 42.5 Å². The molecule has 0 saturated heterocycles. The normalized spacial score (nSPS) is 12.1. The van der Waals surface area contributed by atoms with Crippen LogP contribution in [0.2, 0.25) is 0 Å². The summed E-state index contributed by atoms with van der Waals surface area (Å²) in [4.78, 5) is 0.993. The second-order valence-corrected chi connectivity index (χ2v) is 4.73. The quantitative estimate of drug-likeness (QED) is 0.773. The molecule has 0 aliphatic carbocycles. The molecule has 2 rings (SSSR count). The lowest BCUT2D eigenvalue weighted by atomic mass is 10.1. The summed E-state index contributed by atoms with van der Waals surface area (Å²) >= 11 is 4.44. The van der Waals surface area contributed by atoms with E-state index in [1.54, 1.807) is 0 Å². The molecule has 0 aromatic heterocycles. The molecule has 0 saturated carbocycles. The van der Waals surface area contributed by atoms with Gasteiger partial charge < -0.3 is 5.32 Å². The van der Waals surface area contributed by atoms with Gasteiger partial charge in [0, 0.05) is 16.6 Å². The van der Waals surface area contributed by atoms with Crippen LogP contribution in [0.25, 0.3) is 0 Å². The topological polar surface area (TPSA) is 12.0 Å². The van der Waals surface area contributed by atoms with Crippen LogP contribution >= 0.6 is 12.6 Å². The molecule has 2 aromatic rings. The second kappa shape index (κ2) is 5.78. The van der Waals surface area contributed by atoms with Crippen molar-refractivity contribution in [1.82, 2.24) is 0 Å². The molecule has 88 valence electrons. The van der Waals surface area contributed by atoms with Crippen LogP contribution in [-0.4, -0.2) is 6.04 Å². The number of nitrogens with one attached hydrogen (secondary N) is 1. The Bertz CT molecular complexity index is 467. The summed E-state index contributed by atoms with van der Waals surface area (Å²) in [6.45, 7) is 2.19. The van der Waals surface area contributed by atoms with Crippen molar-refractivity contribution in [2.75, 3.05) is 5.32 Å². The van der Waals surface area contributed by atoms with Crippen LogP contribution in [0.3, 0.4) is 0 Å². The maximum atomic E-state index is 4.44. The standard InChI is InChI=1S/C15H17NS/c1-12(11-13-7-3-2-4-8-13)16-14-9-5-6-10-15(14)17/h2-10,12,16-17H,11H2,1H3. The van der Waals surface area contributed by atoms with E-state index in [4.69, 9.17) is 0 Å². The van der Waals surface area contributed by atoms with E-state index >= 15 is 0 Å². The summed E-state index contributed by atoms with van der Waals surface area (Å²) in [5, 5.41) is 3.48. The lowest BCUT2D eigenvalue weighted by Crippen LogP contribution is -2.18. The Morgan fingerprint density at radius 1 is 1.00 bits per heavy atom. The first-order valence-corrected chi connectivity index (χ1v) is 6.29. The van der Waals surface area contributed by atoms with Gasteiger partial charge in [0.2, 0.25) is 0 Å². The molecule has 0 aliphatic rings. The largest absolute Gasteiger partial charge is 0.381 e. The molecular formula is C15H17NS. The van der Waals surface area contributed by atoms with E-state index in [0.717, 1.165) is 17.0 Å². The molecule has 2 aromatic carbocycles. The summed E-state index contributed by atoms with van der Waals surface area (Å²) in [7, 11) is 0. The lowest BCUT2D eigenvalue weighted by molar-refractivity contribution is 0.787. The van der Waals surface area contributed by atoms with Crippen molar-refractivity contribution < 1.29 is 0 Å². The van der Waals surface area contributed by atoms with Gasteiger partial charge in [0.25, 0.3) is 0 Å². The number of rotatable bonds is 4. The zero-order valence-electron chi connectivity index (χ0n) is 9.93. The van der Waals surface area contributed by atoms with Crippen LogP contribution in [0.1, 0.15) is 12.5 Å². The van der Waals surface area contributed by atoms with Gasteiger partial charge in [-0.05, 0) is 31.0 Å². The van der Waals surface area contributed by atoms with Gasteiger partial charge in [-0.25, -0.2) is 0 Å². The molecule has 0 aliphatic heterocycles. The van der Waals surface area contributed by atoms with Crippen molar-refractivity contribution in [3.8, 4) is 0 Å². The van der Waals surface area contributed by atoms with E-state index in [1.807, 2.05) is 24.3 Å². The molecule has 1 nitrogen and oxygen atoms in total. The first-order chi connectivity index (χ1) is 8.25. The molecular weight excluding hydrogens is 226 g/mol. The number of para-hydroxylation sites is 1. The minimum absolute atomic E-state index is 0.394. The van der Waals surface area contributed by atoms with Gasteiger partial charge >= 0.3 is 0 Å². The first kappa shape index (κ1) is 12.1. The fraction of sp³-hybridized carbons (Fsp3) is 0.200. The van der Waals surface area contributed by atoms with Gasteiger partial charge in [-0.3, -0.25) is 0 Å². The van der Waals surface area contributed by atoms with Gasteiger partial charge in [0.1, 0.15) is 0 Å². The third-order valence-electron chi connectivity index (χ3n) is 2.69. The van der Waals surface area contributed by atoms with E-state index < -0.39 is 0 Å². The molecule has 1 N–H and O–H groups in total. The zero-order chi connectivity index (χ0) is 12.1. The monoisotopic (exact) mass is 243 g/mol. The Morgan fingerprint density at radius 3 is 2.35 bits per heavy atom. The number of anilines is 1. The fourth-order valence-corrected chi connectivity index (χ4v) is 2.10. The van der Waals surface area contributed by atoms with E-state index in [9.17, 15) is 0 Å². The second-order valence-electron chi connectivity index (χ2n) is 4.25. The fourth-order valence-electron chi connectivity index (χ4n) is 1.88. The third kappa shape index (κ3) is 3.53. The predicted octanol–water partition coefficient (Wildman–Crippen LogP) is 4.02. The van der Waals surface area contributed by atoms with E-state index in [2.05, 4.69) is 55.2 Å². The smallest absolute Gasteiger partial charge is 0.0477 e. The van der Waals surface area contributed by atoms with Crippen molar-refractivity contribution in [1.29, 1.82) is 0 Å². The first-order valence-electron chi connectivity index (χ1n) is 5.84. The highest BCUT2D eigenvalue weighted by molar-refractivity contribution is 7.80. The SMILES string of the molecule is CC(Cc1ccccc1)Nc1ccccc1S. The van der Waals surface area contributed by atoms with Crippen LogP contribution < -0.4 is 5.32 Å². The highest BCUT2D eigenvalue weighted by Gasteiger charge is 2.04. The molecule has 0 fully saturated rings. The highest BCUT2D eigenvalue weighted by atomic mass is 32.1. The van der Waals surface area contributed by atoms with E-state index in [1.165, 1.54) is 5.56 Å². The van der Waals surface area contributed by atoms with Crippen molar-refractivity contribution >= 4 is 18.3 Å². The van der Waals surface area contributed by atoms with Crippen molar-refractivity contribution in [3.63, 3.8) is 0 Å². The average Bonchev–Trinajstić information content (AvgIpc) is 2.33. The summed E-state index contributed by atoms with van der Waals surface area (Å²) in [5.41, 5.74) is 2.45. The summed E-state index contributed by atoms with van der Waals surface area (Å²) in [5.74, 6) is 0. The molecule has 0 spiro atoms. The van der Waals surface area contributed by atoms with Gasteiger partial charge in [0.05, 0.1) is 0 Å². The Hall–Kier alpha value is -1.41. The number of thiol groups is 1. The zero-order valence-corrected chi connectivity index (χ0v) is 10.8. The predicted molar refractivity (Wildman–Crippen MR) is 76.9 cm³/mol. The van der Waals surface area contributed by atoms with Crippen LogP contribution in [0, 0.1) is 0 Å².